The zero-order valence-corrected chi connectivity index (χ0v) is 11.3. The van der Waals surface area contributed by atoms with Crippen molar-refractivity contribution in [2.45, 2.75) is 25.7 Å². The number of imide groups is 1. The van der Waals surface area contributed by atoms with Crippen LogP contribution in [-0.2, 0) is 14.4 Å². The van der Waals surface area contributed by atoms with Gasteiger partial charge in [-0.2, -0.15) is 0 Å². The van der Waals surface area contributed by atoms with Gasteiger partial charge in [-0.05, 0) is 31.1 Å². The molecular weight excluding hydrogens is 256 g/mol. The molecule has 0 aromatic heterocycles. The fraction of sp³-hybridized carbons (Fsp3) is 0.667. The summed E-state index contributed by atoms with van der Waals surface area (Å²) in [5.41, 5.74) is 1.10. The highest BCUT2D eigenvalue weighted by Gasteiger charge is 2.58. The summed E-state index contributed by atoms with van der Waals surface area (Å²) in [5, 5.41) is 2.44. The Labute approximate surface area is 117 Å². The van der Waals surface area contributed by atoms with Crippen molar-refractivity contribution >= 4 is 17.7 Å². The van der Waals surface area contributed by atoms with Gasteiger partial charge in [-0.15, -0.1) is 0 Å². The van der Waals surface area contributed by atoms with E-state index in [0.29, 0.717) is 6.42 Å². The molecule has 0 unspecified atom stereocenters. The molecular formula is C15H18N2O3. The second-order valence-electron chi connectivity index (χ2n) is 6.42. The van der Waals surface area contributed by atoms with E-state index in [1.807, 2.05) is 4.90 Å². The van der Waals surface area contributed by atoms with Crippen molar-refractivity contribution in [3.05, 3.63) is 11.6 Å². The Bertz CT molecular complexity index is 533. The number of rotatable bonds is 2. The van der Waals surface area contributed by atoms with Crippen LogP contribution in [0.5, 0.6) is 0 Å². The average molecular weight is 274 g/mol. The Balaban J connectivity index is 1.51. The van der Waals surface area contributed by atoms with E-state index in [-0.39, 0.29) is 41.4 Å². The maximum Gasteiger partial charge on any atom is 0.231 e. The van der Waals surface area contributed by atoms with E-state index in [1.54, 1.807) is 0 Å². The van der Waals surface area contributed by atoms with Gasteiger partial charge in [0, 0.05) is 19.5 Å². The highest BCUT2D eigenvalue weighted by molar-refractivity contribution is 6.06. The Kier molecular flexibility index (Phi) is 2.53. The summed E-state index contributed by atoms with van der Waals surface area (Å²) in [6, 6.07) is 0. The van der Waals surface area contributed by atoms with Crippen LogP contribution in [0.3, 0.4) is 0 Å². The van der Waals surface area contributed by atoms with Gasteiger partial charge in [-0.3, -0.25) is 19.7 Å². The highest BCUT2D eigenvalue weighted by Crippen LogP contribution is 2.54. The molecule has 1 saturated carbocycles. The summed E-state index contributed by atoms with van der Waals surface area (Å²) >= 11 is 0. The number of hydrogen-bond acceptors (Lipinski definition) is 3. The normalized spacial score (nSPS) is 38.2. The van der Waals surface area contributed by atoms with Crippen molar-refractivity contribution in [1.29, 1.82) is 0 Å². The molecule has 0 spiro atoms. The summed E-state index contributed by atoms with van der Waals surface area (Å²) in [5.74, 6) is -0.166. The van der Waals surface area contributed by atoms with Crippen molar-refractivity contribution in [1.82, 2.24) is 10.2 Å². The average Bonchev–Trinajstić information content (AvgIpc) is 3.14. The van der Waals surface area contributed by atoms with Gasteiger partial charge in [-0.1, -0.05) is 11.6 Å². The van der Waals surface area contributed by atoms with Crippen LogP contribution in [0.1, 0.15) is 25.7 Å². The quantitative estimate of drug-likeness (QED) is 0.588. The molecule has 0 aromatic carbocycles. The van der Waals surface area contributed by atoms with Gasteiger partial charge >= 0.3 is 0 Å². The lowest BCUT2D eigenvalue weighted by Gasteiger charge is -2.23. The van der Waals surface area contributed by atoms with E-state index in [9.17, 15) is 14.4 Å². The maximum atomic E-state index is 12.2. The summed E-state index contributed by atoms with van der Waals surface area (Å²) in [4.78, 5) is 37.8. The SMILES string of the molecule is O=C1NC(=O)[C@H]2[C@@H]1[C@H]1C=C(CC(=O)N3CCCC3)[C@@H]2C1. The molecule has 2 saturated heterocycles. The van der Waals surface area contributed by atoms with E-state index < -0.39 is 0 Å². The fourth-order valence-electron chi connectivity index (χ4n) is 4.49. The summed E-state index contributed by atoms with van der Waals surface area (Å²) in [6.45, 7) is 1.73. The molecule has 0 radical (unpaired) electrons. The molecule has 3 amide bonds. The predicted octanol–water partition coefficient (Wildman–Crippen LogP) is 0.464. The molecule has 4 atom stereocenters. The number of hydrogen-bond donors (Lipinski definition) is 1. The van der Waals surface area contributed by atoms with Crippen LogP contribution in [0.4, 0.5) is 0 Å². The number of carbonyl (C=O) groups is 3. The molecule has 4 aliphatic rings. The molecule has 3 fully saturated rings. The van der Waals surface area contributed by atoms with Gasteiger partial charge in [0.2, 0.25) is 17.7 Å². The first kappa shape index (κ1) is 12.1. The first-order valence-corrected chi connectivity index (χ1v) is 7.48. The van der Waals surface area contributed by atoms with E-state index in [0.717, 1.165) is 37.9 Å². The number of allylic oxidation sites excluding steroid dienone is 1. The molecule has 1 N–H and O–H groups in total. The monoisotopic (exact) mass is 274 g/mol. The topological polar surface area (TPSA) is 66.5 Å². The van der Waals surface area contributed by atoms with Crippen LogP contribution in [-0.4, -0.2) is 35.7 Å². The summed E-state index contributed by atoms with van der Waals surface area (Å²) < 4.78 is 0. The molecule has 4 rings (SSSR count). The molecule has 2 bridgehead atoms. The van der Waals surface area contributed by atoms with Gasteiger partial charge in [-0.25, -0.2) is 0 Å². The van der Waals surface area contributed by atoms with Crippen LogP contribution in [0.15, 0.2) is 11.6 Å². The first-order valence-electron chi connectivity index (χ1n) is 7.48. The molecule has 2 aliphatic heterocycles. The minimum atomic E-state index is -0.209. The maximum absolute atomic E-state index is 12.2. The highest BCUT2D eigenvalue weighted by atomic mass is 16.2. The van der Waals surface area contributed by atoms with E-state index in [2.05, 4.69) is 11.4 Å². The predicted molar refractivity (Wildman–Crippen MR) is 70.2 cm³/mol. The number of carbonyl (C=O) groups excluding carboxylic acids is 3. The number of likely N-dealkylation sites (tertiary alicyclic amines) is 1. The molecule has 5 heteroatoms. The molecule has 20 heavy (non-hydrogen) atoms. The zero-order chi connectivity index (χ0) is 13.9. The number of amides is 3. The van der Waals surface area contributed by atoms with Crippen molar-refractivity contribution in [2.75, 3.05) is 13.1 Å². The minimum absolute atomic E-state index is 0.114. The van der Waals surface area contributed by atoms with Gasteiger partial charge in [0.1, 0.15) is 0 Å². The first-order chi connectivity index (χ1) is 9.65. The molecule has 2 aliphatic carbocycles. The molecule has 2 heterocycles. The van der Waals surface area contributed by atoms with Crippen molar-refractivity contribution in [3.8, 4) is 0 Å². The molecule has 106 valence electrons. The Morgan fingerprint density at radius 1 is 1.20 bits per heavy atom. The lowest BCUT2D eigenvalue weighted by atomic mass is 9.80. The van der Waals surface area contributed by atoms with Crippen LogP contribution < -0.4 is 5.32 Å². The minimum Gasteiger partial charge on any atom is -0.342 e. The van der Waals surface area contributed by atoms with Gasteiger partial charge in [0.15, 0.2) is 0 Å². The van der Waals surface area contributed by atoms with E-state index in [4.69, 9.17) is 0 Å². The number of nitrogens with one attached hydrogen (secondary N) is 1. The van der Waals surface area contributed by atoms with Gasteiger partial charge < -0.3 is 4.90 Å². The van der Waals surface area contributed by atoms with Crippen LogP contribution in [0.25, 0.3) is 0 Å². The Morgan fingerprint density at radius 3 is 2.65 bits per heavy atom. The van der Waals surface area contributed by atoms with Crippen molar-refractivity contribution in [2.24, 2.45) is 23.7 Å². The zero-order valence-electron chi connectivity index (χ0n) is 11.3. The smallest absolute Gasteiger partial charge is 0.231 e. The Hall–Kier alpha value is -1.65. The van der Waals surface area contributed by atoms with Gasteiger partial charge in [0.25, 0.3) is 0 Å². The third kappa shape index (κ3) is 1.58. The molecule has 5 nitrogen and oxygen atoms in total. The second kappa shape index (κ2) is 4.17. The van der Waals surface area contributed by atoms with Crippen molar-refractivity contribution < 1.29 is 14.4 Å². The second-order valence-corrected chi connectivity index (χ2v) is 6.42. The number of nitrogens with zero attached hydrogens (tertiary/aromatic N) is 1. The van der Waals surface area contributed by atoms with Gasteiger partial charge in [0.05, 0.1) is 11.8 Å². The summed E-state index contributed by atoms with van der Waals surface area (Å²) in [7, 11) is 0. The number of fused-ring (bicyclic) bond motifs is 5. The third-order valence-electron chi connectivity index (χ3n) is 5.38. The van der Waals surface area contributed by atoms with Crippen LogP contribution in [0.2, 0.25) is 0 Å². The van der Waals surface area contributed by atoms with E-state index >= 15 is 0 Å². The summed E-state index contributed by atoms with van der Waals surface area (Å²) in [6.07, 6.45) is 5.60. The lowest BCUT2D eigenvalue weighted by Crippen LogP contribution is -2.31. The van der Waals surface area contributed by atoms with Crippen LogP contribution in [0, 0.1) is 23.7 Å². The lowest BCUT2D eigenvalue weighted by molar-refractivity contribution is -0.130. The Morgan fingerprint density at radius 2 is 1.90 bits per heavy atom. The fourth-order valence-corrected chi connectivity index (χ4v) is 4.49. The van der Waals surface area contributed by atoms with Crippen molar-refractivity contribution in [3.63, 3.8) is 0 Å². The standard InChI is InChI=1S/C15H18N2O3/c18-11(17-3-1-2-4-17)7-8-5-9-6-10(8)13-12(9)14(19)16-15(13)20/h5,9-10,12-13H,1-4,6-7H2,(H,16,19,20)/t9-,10-,12-,13+/m0/s1. The largest absolute Gasteiger partial charge is 0.342 e. The van der Waals surface area contributed by atoms with E-state index in [1.165, 1.54) is 0 Å². The molecule has 0 aromatic rings. The van der Waals surface area contributed by atoms with Crippen LogP contribution >= 0.6 is 0 Å². The third-order valence-corrected chi connectivity index (χ3v) is 5.38.